The van der Waals surface area contributed by atoms with Gasteiger partial charge in [0.1, 0.15) is 5.75 Å². The molecule has 0 aromatic heterocycles. The number of hydrazone groups is 1. The van der Waals surface area contributed by atoms with Crippen molar-refractivity contribution in [3.8, 4) is 5.75 Å². The van der Waals surface area contributed by atoms with Crippen molar-refractivity contribution in [2.45, 2.75) is 6.61 Å². The van der Waals surface area contributed by atoms with E-state index in [1.54, 1.807) is 6.21 Å². The van der Waals surface area contributed by atoms with Gasteiger partial charge in [-0.1, -0.05) is 36.4 Å². The summed E-state index contributed by atoms with van der Waals surface area (Å²) in [7, 11) is 0. The molecular formula is C19H17N3O3. The van der Waals surface area contributed by atoms with E-state index in [1.165, 1.54) is 18.2 Å². The van der Waals surface area contributed by atoms with Crippen LogP contribution in [0, 0.1) is 0 Å². The number of phenols is 1. The topological polar surface area (TPSA) is 108 Å². The minimum absolute atomic E-state index is 0.0447. The number of amides is 1. The second kappa shape index (κ2) is 7.02. The molecular weight excluding hydrogens is 318 g/mol. The molecule has 0 fully saturated rings. The van der Waals surface area contributed by atoms with E-state index in [2.05, 4.69) is 10.5 Å². The Morgan fingerprint density at radius 3 is 2.60 bits per heavy atom. The number of carbonyl (C=O) groups excluding carboxylic acids is 1. The minimum Gasteiger partial charge on any atom is -0.506 e. The lowest BCUT2D eigenvalue weighted by Crippen LogP contribution is -2.17. The average Bonchev–Trinajstić information content (AvgIpc) is 2.64. The van der Waals surface area contributed by atoms with Crippen molar-refractivity contribution in [3.05, 3.63) is 71.3 Å². The molecule has 0 atom stereocenters. The molecule has 126 valence electrons. The highest BCUT2D eigenvalue weighted by Gasteiger charge is 2.07. The van der Waals surface area contributed by atoms with Crippen molar-refractivity contribution >= 4 is 28.6 Å². The summed E-state index contributed by atoms with van der Waals surface area (Å²) in [6.07, 6.45) is 1.55. The number of carbonyl (C=O) groups is 1. The smallest absolute Gasteiger partial charge is 0.271 e. The molecule has 0 heterocycles. The van der Waals surface area contributed by atoms with Gasteiger partial charge in [-0.05, 0) is 34.5 Å². The maximum Gasteiger partial charge on any atom is 0.271 e. The SMILES string of the molecule is Nc1cc(C(=O)N/N=C/c2ccc(CO)c3ccccc23)ccc1O. The first-order valence-corrected chi connectivity index (χ1v) is 7.63. The summed E-state index contributed by atoms with van der Waals surface area (Å²) in [6.45, 7) is -0.0447. The van der Waals surface area contributed by atoms with Crippen molar-refractivity contribution in [1.29, 1.82) is 0 Å². The summed E-state index contributed by atoms with van der Waals surface area (Å²) in [6, 6.07) is 15.5. The summed E-state index contributed by atoms with van der Waals surface area (Å²) < 4.78 is 0. The first-order valence-electron chi connectivity index (χ1n) is 7.63. The molecule has 0 bridgehead atoms. The van der Waals surface area contributed by atoms with Crippen LogP contribution < -0.4 is 11.2 Å². The number of anilines is 1. The first kappa shape index (κ1) is 16.5. The Balaban J connectivity index is 1.82. The van der Waals surface area contributed by atoms with Gasteiger partial charge in [-0.25, -0.2) is 5.43 Å². The maximum absolute atomic E-state index is 12.1. The molecule has 25 heavy (non-hydrogen) atoms. The van der Waals surface area contributed by atoms with Crippen LogP contribution in [0.4, 0.5) is 5.69 Å². The van der Waals surface area contributed by atoms with E-state index in [4.69, 9.17) is 5.73 Å². The Morgan fingerprint density at radius 1 is 1.12 bits per heavy atom. The van der Waals surface area contributed by atoms with Crippen molar-refractivity contribution < 1.29 is 15.0 Å². The Kier molecular flexibility index (Phi) is 4.63. The highest BCUT2D eigenvalue weighted by molar-refractivity contribution is 6.02. The van der Waals surface area contributed by atoms with Crippen molar-refractivity contribution in [2.75, 3.05) is 5.73 Å². The van der Waals surface area contributed by atoms with Gasteiger partial charge >= 0.3 is 0 Å². The van der Waals surface area contributed by atoms with Gasteiger partial charge in [0.15, 0.2) is 0 Å². The summed E-state index contributed by atoms with van der Waals surface area (Å²) in [5.41, 5.74) is 10.1. The van der Waals surface area contributed by atoms with Gasteiger partial charge < -0.3 is 15.9 Å². The average molecular weight is 335 g/mol. The zero-order valence-electron chi connectivity index (χ0n) is 13.3. The Labute approximate surface area is 144 Å². The van der Waals surface area contributed by atoms with Gasteiger partial charge in [0.2, 0.25) is 0 Å². The molecule has 3 aromatic rings. The van der Waals surface area contributed by atoms with Crippen molar-refractivity contribution in [1.82, 2.24) is 5.43 Å². The molecule has 0 radical (unpaired) electrons. The Morgan fingerprint density at radius 2 is 1.88 bits per heavy atom. The third-order valence-corrected chi connectivity index (χ3v) is 3.88. The lowest BCUT2D eigenvalue weighted by molar-refractivity contribution is 0.0955. The van der Waals surface area contributed by atoms with Crippen molar-refractivity contribution in [3.63, 3.8) is 0 Å². The number of aromatic hydroxyl groups is 1. The van der Waals surface area contributed by atoms with Crippen LogP contribution in [0.15, 0.2) is 59.7 Å². The van der Waals surface area contributed by atoms with E-state index >= 15 is 0 Å². The quantitative estimate of drug-likeness (QED) is 0.254. The fourth-order valence-electron chi connectivity index (χ4n) is 2.56. The number of aliphatic hydroxyl groups excluding tert-OH is 1. The molecule has 0 unspecified atom stereocenters. The fourth-order valence-corrected chi connectivity index (χ4v) is 2.56. The Hall–Kier alpha value is -3.38. The highest BCUT2D eigenvalue weighted by Crippen LogP contribution is 2.22. The second-order valence-electron chi connectivity index (χ2n) is 5.49. The van der Waals surface area contributed by atoms with E-state index < -0.39 is 5.91 Å². The van der Waals surface area contributed by atoms with Crippen LogP contribution in [-0.2, 0) is 6.61 Å². The van der Waals surface area contributed by atoms with E-state index in [9.17, 15) is 15.0 Å². The number of aliphatic hydroxyl groups is 1. The van der Waals surface area contributed by atoms with Gasteiger partial charge in [0.25, 0.3) is 5.91 Å². The number of hydrogen-bond acceptors (Lipinski definition) is 5. The van der Waals surface area contributed by atoms with Crippen LogP contribution in [0.25, 0.3) is 10.8 Å². The number of nitrogens with zero attached hydrogens (tertiary/aromatic N) is 1. The fraction of sp³-hybridized carbons (Fsp3) is 0.0526. The van der Waals surface area contributed by atoms with Crippen LogP contribution in [0.2, 0.25) is 0 Å². The lowest BCUT2D eigenvalue weighted by Gasteiger charge is -2.07. The van der Waals surface area contributed by atoms with Crippen LogP contribution in [0.5, 0.6) is 5.75 Å². The summed E-state index contributed by atoms with van der Waals surface area (Å²) in [4.78, 5) is 12.1. The normalized spacial score (nSPS) is 11.1. The molecule has 1 amide bonds. The number of nitrogens with one attached hydrogen (secondary N) is 1. The zero-order chi connectivity index (χ0) is 17.8. The Bertz CT molecular complexity index is 967. The largest absolute Gasteiger partial charge is 0.506 e. The number of fused-ring (bicyclic) bond motifs is 1. The number of rotatable bonds is 4. The lowest BCUT2D eigenvalue weighted by atomic mass is 10.0. The molecule has 0 saturated heterocycles. The molecule has 3 aromatic carbocycles. The van der Waals surface area contributed by atoms with Crippen LogP contribution in [0.1, 0.15) is 21.5 Å². The predicted molar refractivity (Wildman–Crippen MR) is 97.5 cm³/mol. The van der Waals surface area contributed by atoms with Crippen molar-refractivity contribution in [2.24, 2.45) is 5.10 Å². The highest BCUT2D eigenvalue weighted by atomic mass is 16.3. The van der Waals surface area contributed by atoms with Gasteiger partial charge in [-0.2, -0.15) is 5.10 Å². The summed E-state index contributed by atoms with van der Waals surface area (Å²) in [5, 5.41) is 24.7. The molecule has 6 nitrogen and oxygen atoms in total. The van der Waals surface area contributed by atoms with Crippen LogP contribution in [-0.4, -0.2) is 22.3 Å². The molecule has 5 N–H and O–H groups in total. The summed E-state index contributed by atoms with van der Waals surface area (Å²) >= 11 is 0. The van der Waals surface area contributed by atoms with Gasteiger partial charge in [0, 0.05) is 11.1 Å². The second-order valence-corrected chi connectivity index (χ2v) is 5.49. The summed E-state index contributed by atoms with van der Waals surface area (Å²) in [5.74, 6) is -0.505. The molecule has 0 saturated carbocycles. The van der Waals surface area contributed by atoms with E-state index in [1.807, 2.05) is 36.4 Å². The third-order valence-electron chi connectivity index (χ3n) is 3.88. The maximum atomic E-state index is 12.1. The molecule has 3 rings (SSSR count). The molecule has 0 aliphatic carbocycles. The monoisotopic (exact) mass is 335 g/mol. The van der Waals surface area contributed by atoms with Crippen LogP contribution >= 0.6 is 0 Å². The third kappa shape index (κ3) is 3.44. The first-order chi connectivity index (χ1) is 12.1. The number of hydrogen-bond donors (Lipinski definition) is 4. The van der Waals surface area contributed by atoms with Gasteiger partial charge in [-0.3, -0.25) is 4.79 Å². The standard InChI is InChI=1S/C19H17N3O3/c20-17-9-12(7-8-18(17)24)19(25)22-21-10-13-5-6-14(11-23)16-4-2-1-3-15(13)16/h1-10,23-24H,11,20H2,(H,22,25)/b21-10+. The number of phenolic OH excluding ortho intramolecular Hbond substituents is 1. The van der Waals surface area contributed by atoms with E-state index in [-0.39, 0.29) is 18.0 Å². The molecule has 0 aliphatic rings. The minimum atomic E-state index is -0.431. The predicted octanol–water partition coefficient (Wildman–Crippen LogP) is 2.38. The van der Waals surface area contributed by atoms with Gasteiger partial charge in [0.05, 0.1) is 18.5 Å². The zero-order valence-corrected chi connectivity index (χ0v) is 13.3. The van der Waals surface area contributed by atoms with E-state index in [0.717, 1.165) is 21.9 Å². The van der Waals surface area contributed by atoms with E-state index in [0.29, 0.717) is 5.56 Å². The molecule has 0 spiro atoms. The van der Waals surface area contributed by atoms with Crippen LogP contribution in [0.3, 0.4) is 0 Å². The molecule has 0 aliphatic heterocycles. The molecule has 6 heteroatoms. The number of nitrogen functional groups attached to an aromatic ring is 1. The number of nitrogens with two attached hydrogens (primary N) is 1. The number of benzene rings is 3. The van der Waals surface area contributed by atoms with Gasteiger partial charge in [-0.15, -0.1) is 0 Å².